The van der Waals surface area contributed by atoms with Gasteiger partial charge in [0.05, 0.1) is 17.4 Å². The van der Waals surface area contributed by atoms with Gasteiger partial charge in [-0.3, -0.25) is 4.79 Å². The van der Waals surface area contributed by atoms with Gasteiger partial charge in [-0.15, -0.1) is 0 Å². The summed E-state index contributed by atoms with van der Waals surface area (Å²) < 4.78 is 2.90. The van der Waals surface area contributed by atoms with E-state index in [0.29, 0.717) is 5.56 Å². The molecule has 0 spiro atoms. The molecule has 0 bridgehead atoms. The maximum absolute atomic E-state index is 12.5. The van der Waals surface area contributed by atoms with Crippen molar-refractivity contribution in [3.05, 3.63) is 81.6 Å². The standard InChI is InChI=1S/C20H20BrN3O/c1-13-12-14(2)24(23-13)19-10-6-17(7-11-19)20(25)22-15(3)16-4-8-18(21)9-5-16/h4-12,15H,1-3H3,(H,22,25). The van der Waals surface area contributed by atoms with E-state index in [0.717, 1.165) is 27.1 Å². The highest BCUT2D eigenvalue weighted by Gasteiger charge is 2.12. The van der Waals surface area contributed by atoms with E-state index in [1.165, 1.54) is 0 Å². The SMILES string of the molecule is Cc1cc(C)n(-c2ccc(C(=O)NC(C)c3ccc(Br)cc3)cc2)n1. The fourth-order valence-electron chi connectivity index (χ4n) is 2.76. The molecule has 25 heavy (non-hydrogen) atoms. The van der Waals surface area contributed by atoms with Crippen molar-refractivity contribution in [1.82, 2.24) is 15.1 Å². The van der Waals surface area contributed by atoms with E-state index in [2.05, 4.69) is 26.3 Å². The van der Waals surface area contributed by atoms with Crippen LogP contribution < -0.4 is 5.32 Å². The number of nitrogens with one attached hydrogen (secondary N) is 1. The molecular weight excluding hydrogens is 378 g/mol. The van der Waals surface area contributed by atoms with Crippen molar-refractivity contribution in [2.45, 2.75) is 26.8 Å². The van der Waals surface area contributed by atoms with Crippen LogP contribution in [0.15, 0.2) is 59.1 Å². The number of carbonyl (C=O) groups excluding carboxylic acids is 1. The summed E-state index contributed by atoms with van der Waals surface area (Å²) in [6.07, 6.45) is 0. The molecule has 0 aliphatic rings. The number of nitrogens with zero attached hydrogens (tertiary/aromatic N) is 2. The zero-order valence-electron chi connectivity index (χ0n) is 14.5. The smallest absolute Gasteiger partial charge is 0.251 e. The molecule has 1 heterocycles. The van der Waals surface area contributed by atoms with Crippen molar-refractivity contribution in [2.24, 2.45) is 0 Å². The summed E-state index contributed by atoms with van der Waals surface area (Å²) in [5.41, 5.74) is 4.69. The van der Waals surface area contributed by atoms with Crippen molar-refractivity contribution in [2.75, 3.05) is 0 Å². The average molecular weight is 398 g/mol. The van der Waals surface area contributed by atoms with Crippen LogP contribution in [0, 0.1) is 13.8 Å². The van der Waals surface area contributed by atoms with E-state index < -0.39 is 0 Å². The zero-order chi connectivity index (χ0) is 18.0. The van der Waals surface area contributed by atoms with Gasteiger partial charge in [-0.25, -0.2) is 4.68 Å². The van der Waals surface area contributed by atoms with Crippen LogP contribution in [0.5, 0.6) is 0 Å². The minimum Gasteiger partial charge on any atom is -0.346 e. The zero-order valence-corrected chi connectivity index (χ0v) is 16.0. The number of aromatic nitrogens is 2. The molecule has 1 amide bonds. The molecule has 0 aliphatic carbocycles. The molecule has 0 aliphatic heterocycles. The van der Waals surface area contributed by atoms with Crippen LogP contribution in [0.25, 0.3) is 5.69 Å². The maximum atomic E-state index is 12.5. The van der Waals surface area contributed by atoms with Crippen molar-refractivity contribution >= 4 is 21.8 Å². The highest BCUT2D eigenvalue weighted by molar-refractivity contribution is 9.10. The summed E-state index contributed by atoms with van der Waals surface area (Å²) in [4.78, 5) is 12.5. The molecule has 0 saturated carbocycles. The van der Waals surface area contributed by atoms with E-state index in [4.69, 9.17) is 0 Å². The second-order valence-electron chi connectivity index (χ2n) is 6.13. The van der Waals surface area contributed by atoms with Crippen molar-refractivity contribution in [1.29, 1.82) is 0 Å². The Labute approximate surface area is 156 Å². The van der Waals surface area contributed by atoms with Crippen molar-refractivity contribution in [3.63, 3.8) is 0 Å². The van der Waals surface area contributed by atoms with Gasteiger partial charge in [-0.1, -0.05) is 28.1 Å². The second kappa shape index (κ2) is 7.23. The molecule has 0 fully saturated rings. The number of benzene rings is 2. The van der Waals surface area contributed by atoms with Crippen LogP contribution in [0.4, 0.5) is 0 Å². The van der Waals surface area contributed by atoms with Crippen molar-refractivity contribution < 1.29 is 4.79 Å². The van der Waals surface area contributed by atoms with Crippen LogP contribution in [0.2, 0.25) is 0 Å². The number of halogens is 1. The Kier molecular flexibility index (Phi) is 5.04. The molecule has 0 saturated heterocycles. The number of rotatable bonds is 4. The van der Waals surface area contributed by atoms with Crippen LogP contribution in [-0.2, 0) is 0 Å². The molecule has 5 heteroatoms. The number of aryl methyl sites for hydroxylation is 2. The summed E-state index contributed by atoms with van der Waals surface area (Å²) in [7, 11) is 0. The predicted molar refractivity (Wildman–Crippen MR) is 103 cm³/mol. The van der Waals surface area contributed by atoms with Gasteiger partial charge in [0.15, 0.2) is 0 Å². The summed E-state index contributed by atoms with van der Waals surface area (Å²) >= 11 is 3.42. The van der Waals surface area contributed by atoms with Gasteiger partial charge < -0.3 is 5.32 Å². The minimum atomic E-state index is -0.0877. The summed E-state index contributed by atoms with van der Waals surface area (Å²) in [6, 6.07) is 17.4. The quantitative estimate of drug-likeness (QED) is 0.690. The fraction of sp³-hybridized carbons (Fsp3) is 0.200. The molecule has 1 N–H and O–H groups in total. The lowest BCUT2D eigenvalue weighted by atomic mass is 10.1. The van der Waals surface area contributed by atoms with Crippen LogP contribution in [-0.4, -0.2) is 15.7 Å². The van der Waals surface area contributed by atoms with E-state index in [1.807, 2.05) is 80.1 Å². The van der Waals surface area contributed by atoms with E-state index in [9.17, 15) is 4.79 Å². The highest BCUT2D eigenvalue weighted by atomic mass is 79.9. The first-order chi connectivity index (χ1) is 11.9. The molecule has 128 valence electrons. The van der Waals surface area contributed by atoms with Crippen LogP contribution >= 0.6 is 15.9 Å². The Hall–Kier alpha value is -2.40. The second-order valence-corrected chi connectivity index (χ2v) is 7.05. The maximum Gasteiger partial charge on any atom is 0.251 e. The van der Waals surface area contributed by atoms with Gasteiger partial charge in [0.25, 0.3) is 5.91 Å². The lowest BCUT2D eigenvalue weighted by molar-refractivity contribution is 0.0940. The Morgan fingerprint density at radius 1 is 1.08 bits per heavy atom. The third-order valence-corrected chi connectivity index (χ3v) is 4.63. The topological polar surface area (TPSA) is 46.9 Å². The molecular formula is C20H20BrN3O. The van der Waals surface area contributed by atoms with Crippen LogP contribution in [0.1, 0.15) is 40.3 Å². The predicted octanol–water partition coefficient (Wildman–Crippen LogP) is 4.74. The lowest BCUT2D eigenvalue weighted by Crippen LogP contribution is -2.26. The Morgan fingerprint density at radius 3 is 2.28 bits per heavy atom. The Morgan fingerprint density at radius 2 is 1.72 bits per heavy atom. The number of hydrogen-bond acceptors (Lipinski definition) is 2. The van der Waals surface area contributed by atoms with E-state index >= 15 is 0 Å². The molecule has 1 unspecified atom stereocenters. The largest absolute Gasteiger partial charge is 0.346 e. The number of carbonyl (C=O) groups is 1. The lowest BCUT2D eigenvalue weighted by Gasteiger charge is -2.15. The number of amides is 1. The first-order valence-corrected chi connectivity index (χ1v) is 8.93. The van der Waals surface area contributed by atoms with E-state index in [1.54, 1.807) is 0 Å². The molecule has 2 aromatic carbocycles. The minimum absolute atomic E-state index is 0.0590. The molecule has 3 aromatic rings. The molecule has 1 aromatic heterocycles. The summed E-state index contributed by atoms with van der Waals surface area (Å²) in [5.74, 6) is -0.0877. The molecule has 3 rings (SSSR count). The van der Waals surface area contributed by atoms with Gasteiger partial charge in [0.2, 0.25) is 0 Å². The van der Waals surface area contributed by atoms with Crippen molar-refractivity contribution in [3.8, 4) is 5.69 Å². The summed E-state index contributed by atoms with van der Waals surface area (Å²) in [6.45, 7) is 5.96. The summed E-state index contributed by atoms with van der Waals surface area (Å²) in [5, 5.41) is 7.49. The van der Waals surface area contributed by atoms with Gasteiger partial charge in [0.1, 0.15) is 0 Å². The molecule has 0 radical (unpaired) electrons. The molecule has 1 atom stereocenters. The van der Waals surface area contributed by atoms with Crippen LogP contribution in [0.3, 0.4) is 0 Å². The molecule has 4 nitrogen and oxygen atoms in total. The first kappa shape index (κ1) is 17.4. The van der Waals surface area contributed by atoms with E-state index in [-0.39, 0.29) is 11.9 Å². The highest BCUT2D eigenvalue weighted by Crippen LogP contribution is 2.18. The Balaban J connectivity index is 1.72. The fourth-order valence-corrected chi connectivity index (χ4v) is 3.02. The third kappa shape index (κ3) is 3.99. The van der Waals surface area contributed by atoms with Gasteiger partial charge in [-0.2, -0.15) is 5.10 Å². The monoisotopic (exact) mass is 397 g/mol. The normalized spacial score (nSPS) is 12.0. The average Bonchev–Trinajstić information content (AvgIpc) is 2.94. The van der Waals surface area contributed by atoms with Gasteiger partial charge in [-0.05, 0) is 68.8 Å². The number of hydrogen-bond donors (Lipinski definition) is 1. The first-order valence-electron chi connectivity index (χ1n) is 8.14. The third-order valence-electron chi connectivity index (χ3n) is 4.10. The van der Waals surface area contributed by atoms with Gasteiger partial charge in [0, 0.05) is 15.7 Å². The van der Waals surface area contributed by atoms with Gasteiger partial charge >= 0.3 is 0 Å². The Bertz CT molecular complexity index is 882.